The quantitative estimate of drug-likeness (QED) is 0.909. The van der Waals surface area contributed by atoms with Crippen LogP contribution in [0.2, 0.25) is 0 Å². The van der Waals surface area contributed by atoms with Crippen molar-refractivity contribution in [2.24, 2.45) is 5.92 Å². The Kier molecular flexibility index (Phi) is 3.66. The lowest BCUT2D eigenvalue weighted by molar-refractivity contribution is -0.135. The number of fused-ring (bicyclic) bond motifs is 1. The van der Waals surface area contributed by atoms with Gasteiger partial charge in [-0.1, -0.05) is 32.6 Å². The maximum atomic E-state index is 11.0. The summed E-state index contributed by atoms with van der Waals surface area (Å²) in [5.74, 6) is -0.410. The van der Waals surface area contributed by atoms with Crippen LogP contribution in [0.15, 0.2) is 41.4 Å². The van der Waals surface area contributed by atoms with Crippen molar-refractivity contribution in [1.29, 1.82) is 0 Å². The lowest BCUT2D eigenvalue weighted by Crippen LogP contribution is -2.37. The smallest absolute Gasteiger partial charge is 0.323 e. The van der Waals surface area contributed by atoms with Crippen molar-refractivity contribution in [3.05, 3.63) is 36.5 Å². The number of nitrogens with zero attached hydrogens (tertiary/aromatic N) is 1. The second kappa shape index (κ2) is 5.06. The number of thioether (sulfide) groups is 1. The van der Waals surface area contributed by atoms with Crippen LogP contribution in [0, 0.1) is 5.92 Å². The van der Waals surface area contributed by atoms with E-state index in [0.29, 0.717) is 5.92 Å². The van der Waals surface area contributed by atoms with Gasteiger partial charge in [-0.3, -0.25) is 4.79 Å². The van der Waals surface area contributed by atoms with E-state index >= 15 is 0 Å². The Hall–Kier alpha value is -1.42. The number of hydrogen-bond acceptors (Lipinski definition) is 3. The first-order valence-electron chi connectivity index (χ1n) is 5.94. The van der Waals surface area contributed by atoms with Gasteiger partial charge in [0.2, 0.25) is 0 Å². The third-order valence-corrected chi connectivity index (χ3v) is 4.65. The molecule has 1 aliphatic rings. The molecule has 18 heavy (non-hydrogen) atoms. The number of carboxylic acid groups (broad SMARTS) is 1. The molecule has 1 aromatic rings. The van der Waals surface area contributed by atoms with Crippen LogP contribution < -0.4 is 4.90 Å². The first-order chi connectivity index (χ1) is 8.50. The van der Waals surface area contributed by atoms with Crippen LogP contribution in [-0.2, 0) is 4.79 Å². The summed E-state index contributed by atoms with van der Waals surface area (Å²) < 4.78 is 0. The predicted molar refractivity (Wildman–Crippen MR) is 75.0 cm³/mol. The van der Waals surface area contributed by atoms with Crippen molar-refractivity contribution in [1.82, 2.24) is 0 Å². The molecule has 2 rings (SSSR count). The molecule has 0 saturated carbocycles. The fourth-order valence-corrected chi connectivity index (χ4v) is 3.40. The molecule has 0 saturated heterocycles. The van der Waals surface area contributed by atoms with Crippen molar-refractivity contribution in [3.63, 3.8) is 0 Å². The van der Waals surface area contributed by atoms with E-state index in [0.717, 1.165) is 16.3 Å². The average Bonchev–Trinajstić information content (AvgIpc) is 2.31. The highest BCUT2D eigenvalue weighted by molar-refractivity contribution is 8.00. The Morgan fingerprint density at radius 3 is 2.78 bits per heavy atom. The summed E-state index contributed by atoms with van der Waals surface area (Å²) in [7, 11) is 0. The minimum absolute atomic E-state index is 0.0281. The van der Waals surface area contributed by atoms with E-state index in [9.17, 15) is 4.79 Å². The van der Waals surface area contributed by atoms with Crippen molar-refractivity contribution in [2.75, 3.05) is 11.4 Å². The number of hydrogen-bond donors (Lipinski definition) is 1. The lowest BCUT2D eigenvalue weighted by atomic mass is 10.1. The molecule has 0 aliphatic carbocycles. The summed E-state index contributed by atoms with van der Waals surface area (Å²) in [5, 5.41) is 9.28. The topological polar surface area (TPSA) is 40.5 Å². The van der Waals surface area contributed by atoms with Crippen molar-refractivity contribution in [3.8, 4) is 0 Å². The summed E-state index contributed by atoms with van der Waals surface area (Å²) in [6.45, 7) is 8.33. The van der Waals surface area contributed by atoms with Gasteiger partial charge in [-0.15, -0.1) is 11.8 Å². The highest BCUT2D eigenvalue weighted by Crippen LogP contribution is 2.45. The Bertz CT molecular complexity index is 484. The van der Waals surface area contributed by atoms with Gasteiger partial charge in [-0.2, -0.15) is 0 Å². The van der Waals surface area contributed by atoms with Crippen molar-refractivity contribution < 1.29 is 9.90 Å². The molecule has 1 aromatic carbocycles. The molecular formula is C14H17NO2S. The standard InChI is InChI=1S/C14H17NO2S/c1-9(2)14-10(3)15(8-13(16)17)11-6-4-5-7-12(11)18-14/h4-7,9,14H,3,8H2,1-2H3,(H,16,17). The highest BCUT2D eigenvalue weighted by atomic mass is 32.2. The SMILES string of the molecule is C=C1C(C(C)C)Sc2ccccc2N1CC(=O)O. The summed E-state index contributed by atoms with van der Waals surface area (Å²) >= 11 is 1.77. The minimum Gasteiger partial charge on any atom is -0.480 e. The van der Waals surface area contributed by atoms with Crippen LogP contribution in [0.5, 0.6) is 0 Å². The normalized spacial score (nSPS) is 18.9. The minimum atomic E-state index is -0.833. The van der Waals surface area contributed by atoms with Crippen LogP contribution in [0.3, 0.4) is 0 Å². The first-order valence-corrected chi connectivity index (χ1v) is 6.82. The Labute approximate surface area is 111 Å². The predicted octanol–water partition coefficient (Wildman–Crippen LogP) is 3.22. The highest BCUT2D eigenvalue weighted by Gasteiger charge is 2.31. The van der Waals surface area contributed by atoms with Gasteiger partial charge >= 0.3 is 5.97 Å². The zero-order valence-electron chi connectivity index (χ0n) is 10.6. The number of carboxylic acids is 1. The van der Waals surface area contributed by atoms with E-state index in [4.69, 9.17) is 5.11 Å². The number of benzene rings is 1. The van der Waals surface area contributed by atoms with Gasteiger partial charge in [0.1, 0.15) is 6.54 Å². The zero-order valence-corrected chi connectivity index (χ0v) is 11.4. The maximum absolute atomic E-state index is 11.0. The molecule has 4 heteroatoms. The summed E-state index contributed by atoms with van der Waals surface area (Å²) in [6.07, 6.45) is 0. The summed E-state index contributed by atoms with van der Waals surface area (Å²) in [4.78, 5) is 14.0. The van der Waals surface area contributed by atoms with Crippen LogP contribution in [0.25, 0.3) is 0 Å². The molecule has 0 amide bonds. The third kappa shape index (κ3) is 2.38. The van der Waals surface area contributed by atoms with E-state index in [1.807, 2.05) is 29.2 Å². The molecule has 1 aliphatic heterocycles. The molecule has 0 spiro atoms. The monoisotopic (exact) mass is 263 g/mol. The first kappa shape index (κ1) is 13.0. The second-order valence-corrected chi connectivity index (χ2v) is 5.90. The molecule has 1 N–H and O–H groups in total. The van der Waals surface area contributed by atoms with E-state index < -0.39 is 5.97 Å². The summed E-state index contributed by atoms with van der Waals surface area (Å²) in [5.41, 5.74) is 1.84. The number of anilines is 1. The fourth-order valence-electron chi connectivity index (χ4n) is 2.14. The number of rotatable bonds is 3. The Morgan fingerprint density at radius 1 is 1.50 bits per heavy atom. The van der Waals surface area contributed by atoms with Crippen molar-refractivity contribution >= 4 is 23.4 Å². The lowest BCUT2D eigenvalue weighted by Gasteiger charge is -2.38. The number of para-hydroxylation sites is 1. The van der Waals surface area contributed by atoms with Gasteiger partial charge in [-0.25, -0.2) is 0 Å². The molecule has 3 nitrogen and oxygen atoms in total. The van der Waals surface area contributed by atoms with E-state index in [-0.39, 0.29) is 11.8 Å². The van der Waals surface area contributed by atoms with Crippen LogP contribution in [-0.4, -0.2) is 22.9 Å². The van der Waals surface area contributed by atoms with E-state index in [1.54, 1.807) is 11.8 Å². The fraction of sp³-hybridized carbons (Fsp3) is 0.357. The van der Waals surface area contributed by atoms with Crippen LogP contribution in [0.1, 0.15) is 13.8 Å². The molecule has 1 unspecified atom stereocenters. The van der Waals surface area contributed by atoms with Gasteiger partial charge in [0.25, 0.3) is 0 Å². The Morgan fingerprint density at radius 2 is 2.17 bits per heavy atom. The van der Waals surface area contributed by atoms with Crippen LogP contribution >= 0.6 is 11.8 Å². The average molecular weight is 263 g/mol. The third-order valence-electron chi connectivity index (χ3n) is 2.98. The van der Waals surface area contributed by atoms with Gasteiger partial charge in [0, 0.05) is 10.6 Å². The molecule has 0 aromatic heterocycles. The number of aliphatic carboxylic acids is 1. The van der Waals surface area contributed by atoms with Gasteiger partial charge < -0.3 is 10.0 Å². The van der Waals surface area contributed by atoms with Crippen LogP contribution in [0.4, 0.5) is 5.69 Å². The number of carbonyl (C=O) groups is 1. The molecule has 0 bridgehead atoms. The van der Waals surface area contributed by atoms with Gasteiger partial charge in [-0.05, 0) is 18.1 Å². The molecule has 96 valence electrons. The summed E-state index contributed by atoms with van der Waals surface area (Å²) in [6, 6.07) is 7.90. The second-order valence-electron chi connectivity index (χ2n) is 4.72. The molecule has 0 radical (unpaired) electrons. The maximum Gasteiger partial charge on any atom is 0.323 e. The largest absolute Gasteiger partial charge is 0.480 e. The van der Waals surface area contributed by atoms with E-state index in [2.05, 4.69) is 20.4 Å². The van der Waals surface area contributed by atoms with Crippen molar-refractivity contribution in [2.45, 2.75) is 24.0 Å². The Balaban J connectivity index is 2.42. The zero-order chi connectivity index (χ0) is 13.3. The molecule has 0 fully saturated rings. The van der Waals surface area contributed by atoms with E-state index in [1.165, 1.54) is 0 Å². The van der Waals surface area contributed by atoms with Gasteiger partial charge in [0.15, 0.2) is 0 Å². The molecule has 1 atom stereocenters. The van der Waals surface area contributed by atoms with Gasteiger partial charge in [0.05, 0.1) is 10.9 Å². The molecular weight excluding hydrogens is 246 g/mol. The molecule has 1 heterocycles.